The number of hydrogen-bond donors (Lipinski definition) is 1. The predicted molar refractivity (Wildman–Crippen MR) is 158 cm³/mol. The Morgan fingerprint density at radius 1 is 0.975 bits per heavy atom. The van der Waals surface area contributed by atoms with Crippen molar-refractivity contribution in [2.24, 2.45) is 5.92 Å². The summed E-state index contributed by atoms with van der Waals surface area (Å²) in [4.78, 5) is 14.3. The van der Waals surface area contributed by atoms with Crippen LogP contribution in [0.5, 0.6) is 28.7 Å². The zero-order valence-electron chi connectivity index (χ0n) is 25.0. The van der Waals surface area contributed by atoms with Gasteiger partial charge in [-0.15, -0.1) is 0 Å². The molecule has 1 heterocycles. The molecule has 0 amide bonds. The summed E-state index contributed by atoms with van der Waals surface area (Å²) < 4.78 is 54.7. The van der Waals surface area contributed by atoms with Crippen LogP contribution in [0.15, 0.2) is 36.4 Å². The maximum absolute atomic E-state index is 14.3. The molecular weight excluding hydrogens is 550 g/mol. The fraction of sp³-hybridized carbons (Fsp3) is 0.552. The summed E-state index contributed by atoms with van der Waals surface area (Å²) in [6.07, 6.45) is 0.523. The largest absolute Gasteiger partial charge is 0.543 e. The summed E-state index contributed by atoms with van der Waals surface area (Å²) in [7, 11) is -2.21. The third kappa shape index (κ3) is 5.96. The minimum absolute atomic E-state index is 0.00867. The first-order valence-electron chi connectivity index (χ1n) is 13.5. The molecule has 222 valence electrons. The third-order valence-electron chi connectivity index (χ3n) is 8.21. The molecule has 1 saturated heterocycles. The van der Waals surface area contributed by atoms with Crippen LogP contribution in [0.3, 0.4) is 0 Å². The molecule has 0 radical (unpaired) electrons. The van der Waals surface area contributed by atoms with Gasteiger partial charge in [-0.3, -0.25) is 4.79 Å². The van der Waals surface area contributed by atoms with E-state index in [1.54, 1.807) is 31.2 Å². The molecule has 11 heteroatoms. The summed E-state index contributed by atoms with van der Waals surface area (Å²) in [5.41, 5.74) is 0.133. The van der Waals surface area contributed by atoms with Crippen LogP contribution in [0.1, 0.15) is 50.9 Å². The Morgan fingerprint density at radius 3 is 1.95 bits per heavy atom. The van der Waals surface area contributed by atoms with Crippen LogP contribution < -0.4 is 28.1 Å². The number of hydrogen-bond acceptors (Lipinski definition) is 9. The highest BCUT2D eigenvalue weighted by atomic mass is 32.2. The van der Waals surface area contributed by atoms with E-state index >= 15 is 0 Å². The van der Waals surface area contributed by atoms with E-state index in [-0.39, 0.29) is 34.3 Å². The van der Waals surface area contributed by atoms with E-state index in [0.717, 1.165) is 0 Å². The fourth-order valence-corrected chi connectivity index (χ4v) is 7.70. The molecule has 1 N–H and O–H groups in total. The molecule has 9 nitrogen and oxygen atoms in total. The maximum atomic E-state index is 14.3. The van der Waals surface area contributed by atoms with E-state index < -0.39 is 34.9 Å². The summed E-state index contributed by atoms with van der Waals surface area (Å²) in [5, 5.41) is 3.21. The second-order valence-corrected chi connectivity index (χ2v) is 18.1. The zero-order chi connectivity index (χ0) is 29.9. The summed E-state index contributed by atoms with van der Waals surface area (Å²) in [6.45, 7) is 13.4. The van der Waals surface area contributed by atoms with E-state index in [9.17, 15) is 13.2 Å². The highest BCUT2D eigenvalue weighted by Crippen LogP contribution is 2.44. The Kier molecular flexibility index (Phi) is 9.53. The first-order valence-corrected chi connectivity index (χ1v) is 17.8. The molecule has 0 bridgehead atoms. The summed E-state index contributed by atoms with van der Waals surface area (Å²) in [6, 6.07) is 9.51. The zero-order valence-corrected chi connectivity index (χ0v) is 26.9. The lowest BCUT2D eigenvalue weighted by Gasteiger charge is -2.36. The number of ketones is 1. The average Bonchev–Trinajstić information content (AvgIpc) is 3.43. The van der Waals surface area contributed by atoms with Crippen molar-refractivity contribution in [2.75, 3.05) is 34.4 Å². The molecule has 1 aliphatic rings. The Balaban J connectivity index is 2.04. The number of nitrogens with one attached hydrogen (secondary N) is 1. The molecule has 1 aliphatic heterocycles. The van der Waals surface area contributed by atoms with Crippen LogP contribution >= 0.6 is 0 Å². The van der Waals surface area contributed by atoms with Gasteiger partial charge in [-0.05, 0) is 73.9 Å². The normalized spacial score (nSPS) is 17.6. The monoisotopic (exact) mass is 593 g/mol. The topological polar surface area (TPSA) is 109 Å². The number of Topliss-reactive ketones (excluding diaryl/α,β-unsaturated/α-hetero) is 1. The maximum Gasteiger partial charge on any atom is 0.322 e. The van der Waals surface area contributed by atoms with Gasteiger partial charge in [0.05, 0.1) is 21.3 Å². The van der Waals surface area contributed by atoms with Gasteiger partial charge in [0.15, 0.2) is 22.0 Å². The van der Waals surface area contributed by atoms with Crippen molar-refractivity contribution in [1.29, 1.82) is 0 Å². The SMILES string of the molecule is CCC(C(=O)c1cc(OC)c(OC)c(OC)c1)(C1CCNC1)S(=O)(=O)Oc1ccc(O[Si](C)(C)C(C)(C)C)cc1. The van der Waals surface area contributed by atoms with Crippen molar-refractivity contribution < 1.29 is 36.0 Å². The Labute approximate surface area is 239 Å². The second-order valence-electron chi connectivity index (χ2n) is 11.5. The minimum Gasteiger partial charge on any atom is -0.543 e. The number of benzene rings is 2. The number of ether oxygens (including phenoxy) is 3. The lowest BCUT2D eigenvalue weighted by molar-refractivity contribution is 0.0892. The number of methoxy groups -OCH3 is 3. The summed E-state index contributed by atoms with van der Waals surface area (Å²) in [5.74, 6) is 0.503. The Morgan fingerprint density at radius 2 is 1.52 bits per heavy atom. The Hall–Kier alpha value is -2.76. The van der Waals surface area contributed by atoms with Gasteiger partial charge in [-0.1, -0.05) is 27.7 Å². The Bertz CT molecular complexity index is 1270. The molecule has 40 heavy (non-hydrogen) atoms. The van der Waals surface area contributed by atoms with E-state index in [1.807, 2.05) is 0 Å². The van der Waals surface area contributed by atoms with E-state index in [1.165, 1.54) is 33.5 Å². The molecule has 2 aromatic rings. The molecule has 0 aliphatic carbocycles. The molecule has 3 rings (SSSR count). The van der Waals surface area contributed by atoms with Gasteiger partial charge in [0.1, 0.15) is 11.5 Å². The fourth-order valence-electron chi connectivity index (χ4n) is 4.85. The first kappa shape index (κ1) is 31.8. The molecule has 2 aromatic carbocycles. The predicted octanol–water partition coefficient (Wildman–Crippen LogP) is 5.45. The van der Waals surface area contributed by atoms with Gasteiger partial charge < -0.3 is 28.1 Å². The quantitative estimate of drug-likeness (QED) is 0.195. The molecule has 2 atom stereocenters. The van der Waals surface area contributed by atoms with Crippen molar-refractivity contribution in [3.8, 4) is 28.7 Å². The van der Waals surface area contributed by atoms with Gasteiger partial charge in [-0.25, -0.2) is 0 Å². The third-order valence-corrected chi connectivity index (χ3v) is 14.7. The van der Waals surface area contributed by atoms with Crippen LogP contribution in [0.2, 0.25) is 18.1 Å². The number of rotatable bonds is 12. The van der Waals surface area contributed by atoms with Crippen LogP contribution in [0.4, 0.5) is 0 Å². The molecule has 1 fully saturated rings. The van der Waals surface area contributed by atoms with Gasteiger partial charge in [0, 0.05) is 18.0 Å². The summed E-state index contributed by atoms with van der Waals surface area (Å²) >= 11 is 0. The van der Waals surface area contributed by atoms with Crippen LogP contribution in [0.25, 0.3) is 0 Å². The van der Waals surface area contributed by atoms with Crippen molar-refractivity contribution in [3.05, 3.63) is 42.0 Å². The van der Waals surface area contributed by atoms with Gasteiger partial charge in [-0.2, -0.15) is 8.42 Å². The molecule has 0 spiro atoms. The standard InChI is InChI=1S/C29H43NO8SSi/c1-10-29(21-15-16-30-19-21,27(31)20-17-24(34-5)26(36-7)25(18-20)35-6)39(32,33)37-22-11-13-23(14-12-22)38-40(8,9)28(2,3)4/h11-14,17-18,21,30H,10,15-16,19H2,1-9H3. The molecule has 0 saturated carbocycles. The number of carbonyl (C=O) groups is 1. The lowest BCUT2D eigenvalue weighted by atomic mass is 9.82. The van der Waals surface area contributed by atoms with Crippen LogP contribution in [0, 0.1) is 5.92 Å². The van der Waals surface area contributed by atoms with Gasteiger partial charge in [0.2, 0.25) is 14.1 Å². The van der Waals surface area contributed by atoms with Gasteiger partial charge in [0.25, 0.3) is 0 Å². The van der Waals surface area contributed by atoms with Crippen LogP contribution in [-0.4, -0.2) is 61.7 Å². The van der Waals surface area contributed by atoms with Crippen molar-refractivity contribution in [3.63, 3.8) is 0 Å². The minimum atomic E-state index is -4.48. The molecule has 0 aromatic heterocycles. The highest BCUT2D eigenvalue weighted by Gasteiger charge is 2.57. The van der Waals surface area contributed by atoms with Crippen molar-refractivity contribution in [2.45, 2.75) is 63.4 Å². The number of carbonyl (C=O) groups excluding carboxylic acids is 1. The van der Waals surface area contributed by atoms with Crippen molar-refractivity contribution >= 4 is 24.2 Å². The van der Waals surface area contributed by atoms with Crippen LogP contribution in [-0.2, 0) is 10.1 Å². The van der Waals surface area contributed by atoms with E-state index in [2.05, 4.69) is 39.2 Å². The first-order chi connectivity index (χ1) is 18.7. The smallest absolute Gasteiger partial charge is 0.322 e. The molecule has 2 unspecified atom stereocenters. The average molecular weight is 594 g/mol. The highest BCUT2D eigenvalue weighted by molar-refractivity contribution is 7.89. The van der Waals surface area contributed by atoms with Gasteiger partial charge >= 0.3 is 10.1 Å². The van der Waals surface area contributed by atoms with E-state index in [0.29, 0.717) is 31.0 Å². The van der Waals surface area contributed by atoms with E-state index in [4.69, 9.17) is 22.8 Å². The second kappa shape index (κ2) is 12.0. The lowest BCUT2D eigenvalue weighted by Crippen LogP contribution is -2.54. The molecular formula is C29H43NO8SSi. The van der Waals surface area contributed by atoms with Crippen molar-refractivity contribution in [1.82, 2.24) is 5.32 Å².